The van der Waals surface area contributed by atoms with Crippen molar-refractivity contribution in [3.8, 4) is 0 Å². The number of hydrogen-bond donors (Lipinski definition) is 1. The van der Waals surface area contributed by atoms with Gasteiger partial charge < -0.3 is 5.73 Å². The monoisotopic (exact) mass is 193 g/mol. The minimum Gasteiger partial charge on any atom is -0.399 e. The van der Waals surface area contributed by atoms with Gasteiger partial charge in [-0.05, 0) is 38.2 Å². The van der Waals surface area contributed by atoms with Crippen LogP contribution in [0.5, 0.6) is 0 Å². The highest BCUT2D eigenvalue weighted by Crippen LogP contribution is 2.35. The van der Waals surface area contributed by atoms with E-state index in [1.54, 1.807) is 4.88 Å². The Hall–Kier alpha value is -0.760. The molecule has 1 aliphatic carbocycles. The summed E-state index contributed by atoms with van der Waals surface area (Å²) in [7, 11) is 0. The fraction of sp³-hybridized carbons (Fsp3) is 0.455. The molecule has 1 heterocycles. The average molecular weight is 193 g/mol. The summed E-state index contributed by atoms with van der Waals surface area (Å²) in [4.78, 5) is 2.89. The highest BCUT2D eigenvalue weighted by molar-refractivity contribution is 7.12. The maximum atomic E-state index is 5.80. The largest absolute Gasteiger partial charge is 0.399 e. The molecule has 0 unspecified atom stereocenters. The van der Waals surface area contributed by atoms with Crippen LogP contribution in [-0.4, -0.2) is 0 Å². The molecular formula is C11H15NS. The molecule has 70 valence electrons. The Morgan fingerprint density at radius 1 is 1.38 bits per heavy atom. The van der Waals surface area contributed by atoms with E-state index < -0.39 is 0 Å². The molecule has 1 aromatic rings. The summed E-state index contributed by atoms with van der Waals surface area (Å²) in [5.41, 5.74) is 9.28. The Morgan fingerprint density at radius 3 is 2.77 bits per heavy atom. The second-order valence-electron chi connectivity index (χ2n) is 3.67. The normalized spacial score (nSPS) is 15.5. The molecule has 2 N–H and O–H groups in total. The minimum absolute atomic E-state index is 0.747. The fourth-order valence-corrected chi connectivity index (χ4v) is 3.42. The van der Waals surface area contributed by atoms with Gasteiger partial charge in [0, 0.05) is 21.0 Å². The first-order valence-electron chi connectivity index (χ1n) is 4.76. The maximum absolute atomic E-state index is 5.80. The van der Waals surface area contributed by atoms with E-state index in [4.69, 9.17) is 5.73 Å². The lowest BCUT2D eigenvalue weighted by atomic mass is 9.94. The first-order valence-corrected chi connectivity index (χ1v) is 5.57. The average Bonchev–Trinajstić information content (AvgIpc) is 2.39. The second kappa shape index (κ2) is 3.18. The van der Waals surface area contributed by atoms with Gasteiger partial charge in [-0.3, -0.25) is 0 Å². The van der Waals surface area contributed by atoms with E-state index in [0.29, 0.717) is 0 Å². The summed E-state index contributed by atoms with van der Waals surface area (Å²) in [6, 6.07) is 0. The molecule has 0 bridgehead atoms. The second-order valence-corrected chi connectivity index (χ2v) is 4.98. The van der Waals surface area contributed by atoms with Crippen LogP contribution >= 0.6 is 11.3 Å². The lowest BCUT2D eigenvalue weighted by Gasteiger charge is -2.12. The van der Waals surface area contributed by atoms with Gasteiger partial charge in [0.15, 0.2) is 0 Å². The van der Waals surface area contributed by atoms with Crippen molar-refractivity contribution in [1.82, 2.24) is 0 Å². The lowest BCUT2D eigenvalue weighted by Crippen LogP contribution is -2.03. The van der Waals surface area contributed by atoms with E-state index in [-0.39, 0.29) is 0 Å². The van der Waals surface area contributed by atoms with Crippen LogP contribution in [0.2, 0.25) is 0 Å². The third-order valence-electron chi connectivity index (χ3n) is 2.67. The zero-order valence-corrected chi connectivity index (χ0v) is 8.84. The highest BCUT2D eigenvalue weighted by Gasteiger charge is 2.18. The smallest absolute Gasteiger partial charge is 0.0328 e. The Labute approximate surface area is 83.3 Å². The van der Waals surface area contributed by atoms with Crippen LogP contribution in [0.15, 0.2) is 6.58 Å². The van der Waals surface area contributed by atoms with E-state index in [1.165, 1.54) is 41.7 Å². The number of hydrogen-bond acceptors (Lipinski definition) is 2. The molecule has 1 nitrogen and oxygen atoms in total. The van der Waals surface area contributed by atoms with Gasteiger partial charge in [0.05, 0.1) is 0 Å². The predicted octanol–water partition coefficient (Wildman–Crippen LogP) is 2.86. The van der Waals surface area contributed by atoms with Gasteiger partial charge in [0.1, 0.15) is 0 Å². The zero-order valence-electron chi connectivity index (χ0n) is 8.02. The fourth-order valence-electron chi connectivity index (χ4n) is 2.12. The van der Waals surface area contributed by atoms with Crippen LogP contribution < -0.4 is 5.73 Å². The molecule has 0 spiro atoms. The van der Waals surface area contributed by atoms with Crippen LogP contribution in [0.1, 0.15) is 33.7 Å². The molecule has 2 heteroatoms. The molecule has 0 fully saturated rings. The van der Waals surface area contributed by atoms with E-state index in [1.807, 2.05) is 11.3 Å². The van der Waals surface area contributed by atoms with Gasteiger partial charge in [0.2, 0.25) is 0 Å². The van der Waals surface area contributed by atoms with E-state index in [9.17, 15) is 0 Å². The van der Waals surface area contributed by atoms with Crippen molar-refractivity contribution in [3.05, 3.63) is 27.5 Å². The number of rotatable bonds is 1. The molecule has 0 aliphatic heterocycles. The Kier molecular flexibility index (Phi) is 2.16. The zero-order chi connectivity index (χ0) is 9.42. The molecule has 0 amide bonds. The highest BCUT2D eigenvalue weighted by atomic mass is 32.1. The molecule has 1 aromatic heterocycles. The third kappa shape index (κ3) is 1.39. The molecule has 0 atom stereocenters. The van der Waals surface area contributed by atoms with Gasteiger partial charge in [-0.2, -0.15) is 0 Å². The van der Waals surface area contributed by atoms with Crippen molar-refractivity contribution < 1.29 is 0 Å². The van der Waals surface area contributed by atoms with Crippen LogP contribution in [0.4, 0.5) is 0 Å². The number of nitrogens with two attached hydrogens (primary N) is 1. The Bertz CT molecular complexity index is 349. The van der Waals surface area contributed by atoms with Crippen LogP contribution in [0.3, 0.4) is 0 Å². The standard InChI is InChI=1S/C11H15NS/c1-7(12)11-8(2)13-10-6-4-3-5-9(10)11/h1,3-6,12H2,2H3. The van der Waals surface area contributed by atoms with Crippen LogP contribution in [-0.2, 0) is 12.8 Å². The lowest BCUT2D eigenvalue weighted by molar-refractivity contribution is 0.695. The summed E-state index contributed by atoms with van der Waals surface area (Å²) in [6.07, 6.45) is 5.09. The first-order chi connectivity index (χ1) is 6.20. The van der Waals surface area contributed by atoms with Gasteiger partial charge in [-0.1, -0.05) is 6.58 Å². The molecule has 0 aromatic carbocycles. The van der Waals surface area contributed by atoms with Crippen molar-refractivity contribution in [2.24, 2.45) is 5.73 Å². The van der Waals surface area contributed by atoms with Crippen molar-refractivity contribution in [1.29, 1.82) is 0 Å². The summed E-state index contributed by atoms with van der Waals surface area (Å²) in [5.74, 6) is 0. The molecule has 2 rings (SSSR count). The Morgan fingerprint density at radius 2 is 2.08 bits per heavy atom. The maximum Gasteiger partial charge on any atom is 0.0328 e. The molecule has 0 saturated carbocycles. The molecule has 0 saturated heterocycles. The van der Waals surface area contributed by atoms with Crippen LogP contribution in [0.25, 0.3) is 5.70 Å². The number of aryl methyl sites for hydroxylation is 2. The predicted molar refractivity (Wildman–Crippen MR) is 58.9 cm³/mol. The van der Waals surface area contributed by atoms with Gasteiger partial charge >= 0.3 is 0 Å². The van der Waals surface area contributed by atoms with Gasteiger partial charge in [-0.15, -0.1) is 11.3 Å². The molecular weight excluding hydrogens is 178 g/mol. The number of thiophene rings is 1. The van der Waals surface area contributed by atoms with Crippen molar-refractivity contribution in [2.45, 2.75) is 32.6 Å². The summed E-state index contributed by atoms with van der Waals surface area (Å²) >= 11 is 1.90. The van der Waals surface area contributed by atoms with Crippen molar-refractivity contribution in [3.63, 3.8) is 0 Å². The van der Waals surface area contributed by atoms with Crippen molar-refractivity contribution >= 4 is 17.0 Å². The van der Waals surface area contributed by atoms with Crippen LogP contribution in [0, 0.1) is 6.92 Å². The minimum atomic E-state index is 0.747. The first kappa shape index (κ1) is 8.82. The molecule has 13 heavy (non-hydrogen) atoms. The van der Waals surface area contributed by atoms with Crippen molar-refractivity contribution in [2.75, 3.05) is 0 Å². The molecule has 1 aliphatic rings. The van der Waals surface area contributed by atoms with E-state index >= 15 is 0 Å². The number of fused-ring (bicyclic) bond motifs is 1. The Balaban J connectivity index is 2.54. The topological polar surface area (TPSA) is 26.0 Å². The SMILES string of the molecule is C=C(N)c1c(C)sc2c1CCCC2. The van der Waals surface area contributed by atoms with E-state index in [0.717, 1.165) is 5.70 Å². The van der Waals surface area contributed by atoms with Gasteiger partial charge in [-0.25, -0.2) is 0 Å². The molecule has 0 radical (unpaired) electrons. The quantitative estimate of drug-likeness (QED) is 0.729. The van der Waals surface area contributed by atoms with E-state index in [2.05, 4.69) is 13.5 Å². The summed E-state index contributed by atoms with van der Waals surface area (Å²) in [5, 5.41) is 0. The third-order valence-corrected chi connectivity index (χ3v) is 3.88. The summed E-state index contributed by atoms with van der Waals surface area (Å²) in [6.45, 7) is 6.00. The summed E-state index contributed by atoms with van der Waals surface area (Å²) < 4.78 is 0. The van der Waals surface area contributed by atoms with Gasteiger partial charge in [0.25, 0.3) is 0 Å².